The minimum atomic E-state index is 0.336. The third-order valence-electron chi connectivity index (χ3n) is 2.04. The summed E-state index contributed by atoms with van der Waals surface area (Å²) in [7, 11) is 3.10. The molecule has 0 atom stereocenters. The highest BCUT2D eigenvalue weighted by Crippen LogP contribution is 2.16. The SMILES string of the molecule is COc1ccc(Nc2cnc(OC)nc2)cn1. The Labute approximate surface area is 98.7 Å². The van der Waals surface area contributed by atoms with Gasteiger partial charge < -0.3 is 14.8 Å². The van der Waals surface area contributed by atoms with Crippen LogP contribution in [-0.2, 0) is 0 Å². The van der Waals surface area contributed by atoms with Crippen LogP contribution in [0.2, 0.25) is 0 Å². The zero-order valence-corrected chi connectivity index (χ0v) is 9.54. The van der Waals surface area contributed by atoms with Gasteiger partial charge in [-0.15, -0.1) is 0 Å². The molecule has 17 heavy (non-hydrogen) atoms. The number of ether oxygens (including phenoxy) is 2. The van der Waals surface area contributed by atoms with E-state index in [1.54, 1.807) is 31.8 Å². The Morgan fingerprint density at radius 3 is 2.12 bits per heavy atom. The number of pyridine rings is 1. The van der Waals surface area contributed by atoms with E-state index in [2.05, 4.69) is 20.3 Å². The fraction of sp³-hybridized carbons (Fsp3) is 0.182. The first kappa shape index (κ1) is 11.1. The van der Waals surface area contributed by atoms with Gasteiger partial charge in [0.15, 0.2) is 0 Å². The monoisotopic (exact) mass is 232 g/mol. The van der Waals surface area contributed by atoms with Crippen LogP contribution < -0.4 is 14.8 Å². The zero-order chi connectivity index (χ0) is 12.1. The lowest BCUT2D eigenvalue weighted by Crippen LogP contribution is -1.96. The van der Waals surface area contributed by atoms with Crippen molar-refractivity contribution < 1.29 is 9.47 Å². The van der Waals surface area contributed by atoms with Crippen LogP contribution in [-0.4, -0.2) is 29.2 Å². The molecule has 0 aliphatic carbocycles. The van der Waals surface area contributed by atoms with Gasteiger partial charge in [0.2, 0.25) is 5.88 Å². The minimum Gasteiger partial charge on any atom is -0.481 e. The maximum Gasteiger partial charge on any atom is 0.316 e. The topological polar surface area (TPSA) is 69.2 Å². The van der Waals surface area contributed by atoms with Crippen LogP contribution in [0, 0.1) is 0 Å². The number of rotatable bonds is 4. The lowest BCUT2D eigenvalue weighted by atomic mass is 10.4. The van der Waals surface area contributed by atoms with Crippen LogP contribution in [0.15, 0.2) is 30.7 Å². The van der Waals surface area contributed by atoms with Crippen molar-refractivity contribution in [1.29, 1.82) is 0 Å². The first-order valence-corrected chi connectivity index (χ1v) is 4.95. The second-order valence-corrected chi connectivity index (χ2v) is 3.17. The van der Waals surface area contributed by atoms with Crippen LogP contribution in [0.5, 0.6) is 11.9 Å². The predicted molar refractivity (Wildman–Crippen MR) is 62.7 cm³/mol. The molecule has 0 saturated heterocycles. The molecule has 0 spiro atoms. The summed E-state index contributed by atoms with van der Waals surface area (Å²) in [4.78, 5) is 12.0. The van der Waals surface area contributed by atoms with E-state index in [1.165, 1.54) is 7.11 Å². The number of methoxy groups -OCH3 is 2. The van der Waals surface area contributed by atoms with Gasteiger partial charge in [0, 0.05) is 6.07 Å². The van der Waals surface area contributed by atoms with Crippen molar-refractivity contribution in [3.8, 4) is 11.9 Å². The van der Waals surface area contributed by atoms with Crippen molar-refractivity contribution in [3.63, 3.8) is 0 Å². The fourth-order valence-electron chi connectivity index (χ4n) is 1.23. The van der Waals surface area contributed by atoms with Gasteiger partial charge in [-0.3, -0.25) is 0 Å². The van der Waals surface area contributed by atoms with E-state index in [1.807, 2.05) is 6.07 Å². The summed E-state index contributed by atoms with van der Waals surface area (Å²) < 4.78 is 9.84. The molecular weight excluding hydrogens is 220 g/mol. The average Bonchev–Trinajstić information content (AvgIpc) is 2.40. The number of nitrogens with zero attached hydrogens (tertiary/aromatic N) is 3. The number of hydrogen-bond donors (Lipinski definition) is 1. The second-order valence-electron chi connectivity index (χ2n) is 3.17. The Kier molecular flexibility index (Phi) is 3.34. The summed E-state index contributed by atoms with van der Waals surface area (Å²) in [5.74, 6) is 0.571. The standard InChI is InChI=1S/C11H12N4O2/c1-16-10-4-3-8(5-12-10)15-9-6-13-11(17-2)14-7-9/h3-7,15H,1-2H3. The molecule has 0 aromatic carbocycles. The maximum absolute atomic E-state index is 4.97. The van der Waals surface area contributed by atoms with Gasteiger partial charge in [-0.05, 0) is 6.07 Å². The van der Waals surface area contributed by atoms with E-state index in [0.29, 0.717) is 11.9 Å². The fourth-order valence-corrected chi connectivity index (χ4v) is 1.23. The van der Waals surface area contributed by atoms with E-state index in [9.17, 15) is 0 Å². The predicted octanol–water partition coefficient (Wildman–Crippen LogP) is 1.63. The van der Waals surface area contributed by atoms with E-state index in [-0.39, 0.29) is 0 Å². The third-order valence-corrected chi connectivity index (χ3v) is 2.04. The van der Waals surface area contributed by atoms with Gasteiger partial charge in [0.05, 0.1) is 44.2 Å². The summed E-state index contributed by atoms with van der Waals surface area (Å²) in [6.45, 7) is 0. The van der Waals surface area contributed by atoms with E-state index >= 15 is 0 Å². The molecular formula is C11H12N4O2. The Balaban J connectivity index is 2.08. The van der Waals surface area contributed by atoms with Crippen LogP contribution in [0.1, 0.15) is 0 Å². The Bertz CT molecular complexity index is 424. The minimum absolute atomic E-state index is 0.336. The van der Waals surface area contributed by atoms with E-state index in [4.69, 9.17) is 9.47 Å². The highest BCUT2D eigenvalue weighted by atomic mass is 16.5. The van der Waals surface area contributed by atoms with E-state index < -0.39 is 0 Å². The molecule has 88 valence electrons. The lowest BCUT2D eigenvalue weighted by molar-refractivity contribution is 0.380. The highest BCUT2D eigenvalue weighted by molar-refractivity contribution is 5.57. The van der Waals surface area contributed by atoms with Gasteiger partial charge in [-0.1, -0.05) is 0 Å². The molecule has 0 bridgehead atoms. The number of aromatic nitrogens is 3. The number of nitrogens with one attached hydrogen (secondary N) is 1. The quantitative estimate of drug-likeness (QED) is 0.864. The van der Waals surface area contributed by atoms with Crippen molar-refractivity contribution in [3.05, 3.63) is 30.7 Å². The first-order valence-electron chi connectivity index (χ1n) is 4.95. The molecule has 6 heteroatoms. The largest absolute Gasteiger partial charge is 0.481 e. The molecule has 0 saturated carbocycles. The second kappa shape index (κ2) is 5.11. The zero-order valence-electron chi connectivity index (χ0n) is 9.54. The van der Waals surface area contributed by atoms with Crippen LogP contribution in [0.4, 0.5) is 11.4 Å². The molecule has 0 aliphatic heterocycles. The summed E-state index contributed by atoms with van der Waals surface area (Å²) in [5.41, 5.74) is 1.59. The molecule has 2 aromatic heterocycles. The van der Waals surface area contributed by atoms with Crippen molar-refractivity contribution >= 4 is 11.4 Å². The molecule has 0 amide bonds. The number of anilines is 2. The molecule has 0 aliphatic rings. The van der Waals surface area contributed by atoms with Gasteiger partial charge in [-0.2, -0.15) is 0 Å². The Morgan fingerprint density at radius 1 is 0.882 bits per heavy atom. The molecule has 2 rings (SSSR count). The van der Waals surface area contributed by atoms with E-state index in [0.717, 1.165) is 11.4 Å². The average molecular weight is 232 g/mol. The molecule has 0 fully saturated rings. The van der Waals surface area contributed by atoms with Crippen LogP contribution in [0.25, 0.3) is 0 Å². The molecule has 1 N–H and O–H groups in total. The molecule has 2 heterocycles. The van der Waals surface area contributed by atoms with Gasteiger partial charge in [0.1, 0.15) is 0 Å². The van der Waals surface area contributed by atoms with Crippen molar-refractivity contribution in [2.75, 3.05) is 19.5 Å². The summed E-state index contributed by atoms with van der Waals surface area (Å²) >= 11 is 0. The normalized spacial score (nSPS) is 9.76. The highest BCUT2D eigenvalue weighted by Gasteiger charge is 1.99. The van der Waals surface area contributed by atoms with Crippen LogP contribution >= 0.6 is 0 Å². The van der Waals surface area contributed by atoms with Crippen molar-refractivity contribution in [2.24, 2.45) is 0 Å². The van der Waals surface area contributed by atoms with Crippen molar-refractivity contribution in [1.82, 2.24) is 15.0 Å². The van der Waals surface area contributed by atoms with Crippen LogP contribution in [0.3, 0.4) is 0 Å². The summed E-state index contributed by atoms with van der Waals surface area (Å²) in [5, 5.41) is 3.11. The molecule has 0 radical (unpaired) electrons. The summed E-state index contributed by atoms with van der Waals surface area (Å²) in [6, 6.07) is 3.96. The lowest BCUT2D eigenvalue weighted by Gasteiger charge is -2.06. The molecule has 2 aromatic rings. The Hall–Kier alpha value is -2.37. The summed E-state index contributed by atoms with van der Waals surface area (Å²) in [6.07, 6.45) is 4.94. The number of hydrogen-bond acceptors (Lipinski definition) is 6. The first-order chi connectivity index (χ1) is 8.31. The molecule has 0 unspecified atom stereocenters. The van der Waals surface area contributed by atoms with Gasteiger partial charge in [-0.25, -0.2) is 15.0 Å². The van der Waals surface area contributed by atoms with Crippen molar-refractivity contribution in [2.45, 2.75) is 0 Å². The van der Waals surface area contributed by atoms with Gasteiger partial charge >= 0.3 is 6.01 Å². The molecule has 6 nitrogen and oxygen atoms in total. The Morgan fingerprint density at radius 2 is 1.59 bits per heavy atom. The smallest absolute Gasteiger partial charge is 0.316 e. The third kappa shape index (κ3) is 2.81. The maximum atomic E-state index is 4.97. The van der Waals surface area contributed by atoms with Gasteiger partial charge in [0.25, 0.3) is 0 Å².